The lowest BCUT2D eigenvalue weighted by molar-refractivity contribution is 0.836. The average Bonchev–Trinajstić information content (AvgIpc) is 3.42. The van der Waals surface area contributed by atoms with Gasteiger partial charge in [0.15, 0.2) is 4.96 Å². The molecule has 6 aromatic rings. The number of hydrogen-bond donors (Lipinski definition) is 0. The summed E-state index contributed by atoms with van der Waals surface area (Å²) in [4.78, 5) is 18.5. The number of halogens is 1. The van der Waals surface area contributed by atoms with Gasteiger partial charge in [0.2, 0.25) is 0 Å². The van der Waals surface area contributed by atoms with Crippen LogP contribution < -0.4 is 10.1 Å². The summed E-state index contributed by atoms with van der Waals surface area (Å²) in [5, 5.41) is 1.85. The van der Waals surface area contributed by atoms with Crippen LogP contribution in [-0.4, -0.2) is 14.0 Å². The van der Waals surface area contributed by atoms with Crippen LogP contribution in [0.4, 0.5) is 0 Å². The topological polar surface area (TPSA) is 39.3 Å². The Morgan fingerprint density at radius 2 is 1.68 bits per heavy atom. The minimum absolute atomic E-state index is 0.0309. The fraction of sp³-hybridized carbons (Fsp3) is 0.0400. The molecule has 0 bridgehead atoms. The highest BCUT2D eigenvalue weighted by atomic mass is 35.5. The second kappa shape index (κ2) is 7.08. The fourth-order valence-corrected chi connectivity index (χ4v) is 5.26. The molecule has 0 saturated heterocycles. The molecular weight excluding hydrogens is 426 g/mol. The number of aromatic nitrogens is 3. The van der Waals surface area contributed by atoms with Crippen molar-refractivity contribution in [3.8, 4) is 0 Å². The van der Waals surface area contributed by atoms with Crippen molar-refractivity contribution in [1.29, 1.82) is 0 Å². The Kier molecular flexibility index (Phi) is 4.19. The molecule has 3 aromatic carbocycles. The summed E-state index contributed by atoms with van der Waals surface area (Å²) in [5.74, 6) is 0. The monoisotopic (exact) mass is 441 g/mol. The molecule has 0 spiro atoms. The van der Waals surface area contributed by atoms with Crippen molar-refractivity contribution in [3.05, 3.63) is 110 Å². The molecule has 0 fully saturated rings. The van der Waals surface area contributed by atoms with E-state index >= 15 is 0 Å². The fourth-order valence-electron chi connectivity index (χ4n) is 4.08. The average molecular weight is 442 g/mol. The molecule has 0 aliphatic rings. The lowest BCUT2D eigenvalue weighted by atomic mass is 10.2. The zero-order chi connectivity index (χ0) is 20.9. The first kappa shape index (κ1) is 18.4. The zero-order valence-electron chi connectivity index (χ0n) is 16.3. The van der Waals surface area contributed by atoms with Crippen molar-refractivity contribution in [2.75, 3.05) is 0 Å². The first-order chi connectivity index (χ1) is 15.2. The van der Waals surface area contributed by atoms with Crippen molar-refractivity contribution in [2.24, 2.45) is 0 Å². The number of benzene rings is 3. The second-order valence-corrected chi connectivity index (χ2v) is 8.87. The first-order valence-corrected chi connectivity index (χ1v) is 11.1. The van der Waals surface area contributed by atoms with Gasteiger partial charge in [-0.3, -0.25) is 4.79 Å². The van der Waals surface area contributed by atoms with Crippen LogP contribution in [0.15, 0.2) is 83.8 Å². The Hall–Kier alpha value is -3.41. The molecule has 3 heterocycles. The maximum Gasteiger partial charge on any atom is 0.274 e. The maximum atomic E-state index is 13.2. The Morgan fingerprint density at radius 3 is 2.55 bits per heavy atom. The third kappa shape index (κ3) is 2.97. The van der Waals surface area contributed by atoms with Gasteiger partial charge in [-0.05, 0) is 35.9 Å². The molecule has 0 radical (unpaired) electrons. The van der Waals surface area contributed by atoms with Crippen LogP contribution in [0.5, 0.6) is 0 Å². The smallest absolute Gasteiger partial charge is 0.274 e. The van der Waals surface area contributed by atoms with E-state index in [9.17, 15) is 4.79 Å². The molecule has 31 heavy (non-hydrogen) atoms. The molecule has 4 nitrogen and oxygen atoms in total. The van der Waals surface area contributed by atoms with Crippen molar-refractivity contribution < 1.29 is 0 Å². The summed E-state index contributed by atoms with van der Waals surface area (Å²) >= 11 is 7.81. The number of rotatable bonds is 3. The molecule has 0 unspecified atom stereocenters. The van der Waals surface area contributed by atoms with Crippen molar-refractivity contribution in [2.45, 2.75) is 6.54 Å². The summed E-state index contributed by atoms with van der Waals surface area (Å²) < 4.78 is 4.56. The molecule has 0 aliphatic carbocycles. The molecule has 0 saturated carbocycles. The van der Waals surface area contributed by atoms with Crippen LogP contribution in [-0.2, 0) is 6.54 Å². The van der Waals surface area contributed by atoms with Gasteiger partial charge in [0.25, 0.3) is 5.56 Å². The van der Waals surface area contributed by atoms with Gasteiger partial charge in [-0.15, -0.1) is 0 Å². The van der Waals surface area contributed by atoms with Gasteiger partial charge >= 0.3 is 0 Å². The highest BCUT2D eigenvalue weighted by Crippen LogP contribution is 2.25. The Bertz CT molecular complexity index is 1710. The number of thiazole rings is 1. The van der Waals surface area contributed by atoms with Gasteiger partial charge in [-0.1, -0.05) is 71.5 Å². The largest absolute Gasteiger partial charge is 0.342 e. The first-order valence-electron chi connectivity index (χ1n) is 9.92. The number of imidazole rings is 1. The van der Waals surface area contributed by atoms with Crippen LogP contribution >= 0.6 is 22.9 Å². The Balaban J connectivity index is 1.54. The van der Waals surface area contributed by atoms with E-state index < -0.39 is 0 Å². The summed E-state index contributed by atoms with van der Waals surface area (Å²) in [6.07, 6.45) is 4.07. The lowest BCUT2D eigenvalue weighted by Crippen LogP contribution is -2.22. The lowest BCUT2D eigenvalue weighted by Gasteiger charge is -2.07. The molecule has 3 aromatic heterocycles. The van der Waals surface area contributed by atoms with Gasteiger partial charge in [-0.25, -0.2) is 9.38 Å². The highest BCUT2D eigenvalue weighted by molar-refractivity contribution is 7.15. The second-order valence-electron chi connectivity index (χ2n) is 7.46. The van der Waals surface area contributed by atoms with E-state index in [0.29, 0.717) is 11.1 Å². The number of fused-ring (bicyclic) bond motifs is 4. The predicted octanol–water partition coefficient (Wildman–Crippen LogP) is 5.11. The van der Waals surface area contributed by atoms with E-state index in [1.807, 2.05) is 66.7 Å². The number of para-hydroxylation sites is 3. The van der Waals surface area contributed by atoms with Crippen LogP contribution in [0.2, 0.25) is 5.02 Å². The highest BCUT2D eigenvalue weighted by Gasteiger charge is 2.12. The minimum Gasteiger partial charge on any atom is -0.342 e. The standard InChI is InChI=1S/C25H16ClN3OS/c26-19-9-3-1-7-16(19)14-28-15-17(18-8-2-5-11-21(18)28)13-23-24(30)29-22-12-6-4-10-20(22)27-25(29)31-23/h1-13,15H,14H2. The van der Waals surface area contributed by atoms with Crippen molar-refractivity contribution in [1.82, 2.24) is 14.0 Å². The molecule has 6 rings (SSSR count). The summed E-state index contributed by atoms with van der Waals surface area (Å²) in [7, 11) is 0. The summed E-state index contributed by atoms with van der Waals surface area (Å²) in [6.45, 7) is 0.663. The van der Waals surface area contributed by atoms with E-state index in [-0.39, 0.29) is 5.56 Å². The molecule has 0 aliphatic heterocycles. The molecular formula is C25H16ClN3OS. The SMILES string of the molecule is O=c1c(=Cc2cn(Cc3ccccc3Cl)c3ccccc23)sc2nc3ccccc3n12. The van der Waals surface area contributed by atoms with E-state index in [2.05, 4.69) is 27.9 Å². The van der Waals surface area contributed by atoms with Crippen molar-refractivity contribution >= 4 is 55.9 Å². The van der Waals surface area contributed by atoms with E-state index in [1.54, 1.807) is 4.40 Å². The normalized spacial score (nSPS) is 12.5. The van der Waals surface area contributed by atoms with E-state index in [4.69, 9.17) is 11.6 Å². The minimum atomic E-state index is -0.0309. The third-order valence-corrected chi connectivity index (χ3v) is 6.89. The number of hydrogen-bond acceptors (Lipinski definition) is 3. The van der Waals surface area contributed by atoms with Gasteiger partial charge in [-0.2, -0.15) is 0 Å². The van der Waals surface area contributed by atoms with Crippen LogP contribution in [0.3, 0.4) is 0 Å². The van der Waals surface area contributed by atoms with Gasteiger partial charge in [0.1, 0.15) is 0 Å². The molecule has 0 amide bonds. The maximum absolute atomic E-state index is 13.2. The Labute approximate surface area is 186 Å². The third-order valence-electron chi connectivity index (χ3n) is 5.55. The zero-order valence-corrected chi connectivity index (χ0v) is 17.9. The van der Waals surface area contributed by atoms with Crippen LogP contribution in [0.25, 0.3) is 33.0 Å². The summed E-state index contributed by atoms with van der Waals surface area (Å²) in [6, 6.07) is 23.8. The number of nitrogens with zero attached hydrogens (tertiary/aromatic N) is 3. The van der Waals surface area contributed by atoms with Crippen LogP contribution in [0.1, 0.15) is 11.1 Å². The van der Waals surface area contributed by atoms with Gasteiger partial charge in [0.05, 0.1) is 15.6 Å². The summed E-state index contributed by atoms with van der Waals surface area (Å²) in [5.41, 5.74) is 4.83. The Morgan fingerprint density at radius 1 is 0.935 bits per heavy atom. The quantitative estimate of drug-likeness (QED) is 0.382. The van der Waals surface area contributed by atoms with Crippen molar-refractivity contribution in [3.63, 3.8) is 0 Å². The molecule has 0 N–H and O–H groups in total. The predicted molar refractivity (Wildman–Crippen MR) is 128 cm³/mol. The van der Waals surface area contributed by atoms with E-state index in [0.717, 1.165) is 43.0 Å². The van der Waals surface area contributed by atoms with E-state index in [1.165, 1.54) is 11.3 Å². The molecule has 150 valence electrons. The van der Waals surface area contributed by atoms with Gasteiger partial charge < -0.3 is 4.57 Å². The molecule has 0 atom stereocenters. The van der Waals surface area contributed by atoms with Crippen LogP contribution in [0, 0.1) is 0 Å². The van der Waals surface area contributed by atoms with Gasteiger partial charge in [0, 0.05) is 34.2 Å². The molecule has 6 heteroatoms.